The summed E-state index contributed by atoms with van der Waals surface area (Å²) in [6.45, 7) is 4.45. The lowest BCUT2D eigenvalue weighted by molar-refractivity contribution is 0.0590. The maximum atomic E-state index is 13.4. The van der Waals surface area contributed by atoms with Gasteiger partial charge in [0, 0.05) is 24.8 Å². The third-order valence-corrected chi connectivity index (χ3v) is 6.48. The van der Waals surface area contributed by atoms with Crippen LogP contribution in [0.1, 0.15) is 56.2 Å². The van der Waals surface area contributed by atoms with E-state index in [2.05, 4.69) is 5.32 Å². The van der Waals surface area contributed by atoms with Gasteiger partial charge in [-0.1, -0.05) is 30.3 Å². The van der Waals surface area contributed by atoms with Crippen molar-refractivity contribution in [3.63, 3.8) is 0 Å². The van der Waals surface area contributed by atoms with E-state index < -0.39 is 29.2 Å². The fraction of sp³-hybridized carbons (Fsp3) is 0.240. The second kappa shape index (κ2) is 8.02. The maximum absolute atomic E-state index is 13.4. The smallest absolute Gasteiger partial charge is 0.278 e. The van der Waals surface area contributed by atoms with Gasteiger partial charge in [-0.3, -0.25) is 24.1 Å². The van der Waals surface area contributed by atoms with Gasteiger partial charge in [-0.15, -0.1) is 0 Å². The average molecular weight is 462 g/mol. The minimum absolute atomic E-state index is 0.0766. The number of aromatic nitrogens is 1. The molecular weight excluding hydrogens is 439 g/mol. The summed E-state index contributed by atoms with van der Waals surface area (Å²) in [5.74, 6) is -2.32. The molecule has 3 heterocycles. The molecule has 8 nitrogen and oxygen atoms in total. The van der Waals surface area contributed by atoms with E-state index in [1.54, 1.807) is 17.9 Å². The molecule has 0 bridgehead atoms. The molecule has 2 amide bonds. The summed E-state index contributed by atoms with van der Waals surface area (Å²) < 4.78 is 14.8. The number of halogens is 1. The summed E-state index contributed by atoms with van der Waals surface area (Å²) in [6.07, 6.45) is 0.898. The normalized spacial score (nSPS) is 16.2. The van der Waals surface area contributed by atoms with Gasteiger partial charge in [0.2, 0.25) is 5.43 Å². The summed E-state index contributed by atoms with van der Waals surface area (Å²) in [7, 11) is 0. The van der Waals surface area contributed by atoms with Crippen LogP contribution >= 0.6 is 0 Å². The fourth-order valence-electron chi connectivity index (χ4n) is 4.72. The van der Waals surface area contributed by atoms with Crippen LogP contribution in [-0.4, -0.2) is 33.0 Å². The van der Waals surface area contributed by atoms with Crippen molar-refractivity contribution in [2.24, 2.45) is 0 Å². The molecule has 0 saturated carbocycles. The summed E-state index contributed by atoms with van der Waals surface area (Å²) in [5, 5.41) is 15.2. The molecule has 2 aliphatic rings. The van der Waals surface area contributed by atoms with Crippen molar-refractivity contribution in [2.75, 3.05) is 11.6 Å². The highest BCUT2D eigenvalue weighted by molar-refractivity contribution is 5.99. The molecule has 0 fully saturated rings. The predicted molar refractivity (Wildman–Crippen MR) is 122 cm³/mol. The van der Waals surface area contributed by atoms with E-state index in [0.717, 1.165) is 11.1 Å². The average Bonchev–Trinajstić information content (AvgIpc) is 3.20. The number of pyridine rings is 1. The highest BCUT2D eigenvalue weighted by Gasteiger charge is 2.44. The number of carbonyl (C=O) groups is 2. The summed E-state index contributed by atoms with van der Waals surface area (Å²) in [4.78, 5) is 40.7. The van der Waals surface area contributed by atoms with Gasteiger partial charge in [-0.2, -0.15) is 0 Å². The van der Waals surface area contributed by atoms with Crippen molar-refractivity contribution in [1.29, 1.82) is 0 Å². The Morgan fingerprint density at radius 3 is 2.71 bits per heavy atom. The topological polar surface area (TPSA) is 94.9 Å². The molecule has 2 N–H and O–H groups in total. The highest BCUT2D eigenvalue weighted by atomic mass is 19.1. The number of carbonyl (C=O) groups excluding carboxylic acids is 2. The molecule has 0 saturated heterocycles. The van der Waals surface area contributed by atoms with E-state index >= 15 is 0 Å². The lowest BCUT2D eigenvalue weighted by atomic mass is 10.1. The summed E-state index contributed by atoms with van der Waals surface area (Å²) in [6, 6.07) is 11.9. The number of rotatable bonds is 4. The van der Waals surface area contributed by atoms with Crippen LogP contribution in [0, 0.1) is 12.7 Å². The zero-order chi connectivity index (χ0) is 24.1. The monoisotopic (exact) mass is 462 g/mol. The van der Waals surface area contributed by atoms with Crippen molar-refractivity contribution >= 4 is 11.8 Å². The van der Waals surface area contributed by atoms with E-state index in [0.29, 0.717) is 24.2 Å². The van der Waals surface area contributed by atoms with Gasteiger partial charge < -0.3 is 15.3 Å². The van der Waals surface area contributed by atoms with Crippen molar-refractivity contribution in [3.8, 4) is 5.75 Å². The fourth-order valence-corrected chi connectivity index (χ4v) is 4.72. The van der Waals surface area contributed by atoms with Gasteiger partial charge >= 0.3 is 0 Å². The Kier molecular flexibility index (Phi) is 5.11. The molecule has 3 aromatic rings. The summed E-state index contributed by atoms with van der Waals surface area (Å²) >= 11 is 0. The van der Waals surface area contributed by atoms with Crippen LogP contribution in [0.15, 0.2) is 53.5 Å². The first kappa shape index (κ1) is 21.7. The highest BCUT2D eigenvalue weighted by Crippen LogP contribution is 2.40. The number of hydrogen-bond donors (Lipinski definition) is 2. The second-order valence-corrected chi connectivity index (χ2v) is 8.43. The van der Waals surface area contributed by atoms with Crippen LogP contribution in [-0.2, 0) is 13.1 Å². The van der Waals surface area contributed by atoms with Crippen LogP contribution < -0.4 is 15.8 Å². The Morgan fingerprint density at radius 1 is 1.21 bits per heavy atom. The lowest BCUT2D eigenvalue weighted by Crippen LogP contribution is -2.53. The van der Waals surface area contributed by atoms with Gasteiger partial charge in [0.15, 0.2) is 11.4 Å². The molecule has 2 aliphatic heterocycles. The van der Waals surface area contributed by atoms with Crippen LogP contribution in [0.4, 0.5) is 4.39 Å². The van der Waals surface area contributed by atoms with Gasteiger partial charge in [-0.25, -0.2) is 4.39 Å². The van der Waals surface area contributed by atoms with E-state index in [1.807, 2.05) is 36.2 Å². The second-order valence-electron chi connectivity index (χ2n) is 8.43. The van der Waals surface area contributed by atoms with Crippen molar-refractivity contribution < 1.29 is 19.1 Å². The Balaban J connectivity index is 1.54. The molecule has 5 rings (SSSR count). The van der Waals surface area contributed by atoms with E-state index in [9.17, 15) is 23.9 Å². The van der Waals surface area contributed by atoms with E-state index in [4.69, 9.17) is 0 Å². The zero-order valence-electron chi connectivity index (χ0n) is 18.7. The standard InChI is InChI=1S/C25H23FN4O4/c1-3-28-24-18-7-5-4-6-16(18)12-30(24)29-13-19(21(31)22(32)20(29)25(28)34)23(33)27-11-15-8-9-17(26)10-14(15)2/h4-10,13,24,32H,3,11-12H2,1-2H3,(H,27,33)/t24-/m0/s1. The summed E-state index contributed by atoms with van der Waals surface area (Å²) in [5.41, 5.74) is 1.96. The Hall–Kier alpha value is -4.14. The van der Waals surface area contributed by atoms with Crippen molar-refractivity contribution in [1.82, 2.24) is 14.9 Å². The first-order chi connectivity index (χ1) is 16.3. The molecule has 0 aliphatic carbocycles. The van der Waals surface area contributed by atoms with Gasteiger partial charge in [-0.05, 0) is 42.7 Å². The van der Waals surface area contributed by atoms with Crippen molar-refractivity contribution in [2.45, 2.75) is 33.1 Å². The quantitative estimate of drug-likeness (QED) is 0.622. The number of benzene rings is 2. The van der Waals surface area contributed by atoms with Gasteiger partial charge in [0.1, 0.15) is 17.5 Å². The third-order valence-electron chi connectivity index (χ3n) is 6.48. The molecule has 1 atom stereocenters. The van der Waals surface area contributed by atoms with Crippen LogP contribution in [0.3, 0.4) is 0 Å². The number of aryl methyl sites for hydroxylation is 1. The zero-order valence-corrected chi connectivity index (χ0v) is 18.7. The van der Waals surface area contributed by atoms with E-state index in [-0.39, 0.29) is 23.6 Å². The minimum Gasteiger partial charge on any atom is -0.502 e. The van der Waals surface area contributed by atoms with Crippen molar-refractivity contribution in [3.05, 3.63) is 98.2 Å². The number of amides is 2. The molecule has 2 aromatic carbocycles. The van der Waals surface area contributed by atoms with Crippen LogP contribution in [0.5, 0.6) is 5.75 Å². The Labute approximate surface area is 194 Å². The number of nitrogens with one attached hydrogen (secondary N) is 1. The van der Waals surface area contributed by atoms with Crippen LogP contribution in [0.25, 0.3) is 0 Å². The number of hydrogen-bond acceptors (Lipinski definition) is 5. The molecular formula is C25H23FN4O4. The molecule has 0 spiro atoms. The SMILES string of the molecule is CCN1C(=O)c2c(O)c(=O)c(C(=O)NCc3ccc(F)cc3C)cn2N2Cc3ccccc3[C@@H]12. The van der Waals surface area contributed by atoms with Gasteiger partial charge in [0.05, 0.1) is 6.54 Å². The maximum Gasteiger partial charge on any atom is 0.278 e. The molecule has 0 unspecified atom stereocenters. The molecule has 9 heteroatoms. The number of aromatic hydroxyl groups is 1. The lowest BCUT2D eigenvalue weighted by Gasteiger charge is -2.43. The number of nitrogens with zero attached hydrogens (tertiary/aromatic N) is 3. The Morgan fingerprint density at radius 2 is 1.97 bits per heavy atom. The first-order valence-corrected chi connectivity index (χ1v) is 11.0. The minimum atomic E-state index is -0.917. The van der Waals surface area contributed by atoms with E-state index in [1.165, 1.54) is 23.0 Å². The molecule has 0 radical (unpaired) electrons. The number of fused-ring (bicyclic) bond motifs is 5. The Bertz CT molecular complexity index is 1400. The third kappa shape index (κ3) is 3.23. The molecule has 34 heavy (non-hydrogen) atoms. The van der Waals surface area contributed by atoms with Gasteiger partial charge in [0.25, 0.3) is 11.8 Å². The molecule has 1 aromatic heterocycles. The predicted octanol–water partition coefficient (Wildman–Crippen LogP) is 2.56. The van der Waals surface area contributed by atoms with Crippen LogP contribution in [0.2, 0.25) is 0 Å². The molecule has 174 valence electrons. The largest absolute Gasteiger partial charge is 0.502 e. The first-order valence-electron chi connectivity index (χ1n) is 11.0.